The number of aliphatic hydroxyl groups is 1. The number of nitrogens with one attached hydrogen (secondary N) is 3. The number of nitrogens with zero attached hydrogens (tertiary/aromatic N) is 7. The zero-order chi connectivity index (χ0) is 56.1. The van der Waals surface area contributed by atoms with Crippen molar-refractivity contribution in [3.8, 4) is 22.9 Å². The Hall–Kier alpha value is -6.78. The van der Waals surface area contributed by atoms with E-state index in [1.807, 2.05) is 49.9 Å². The number of amides is 4. The lowest BCUT2D eigenvalue weighted by Crippen LogP contribution is -2.63. The molecular weight excluding hydrogens is 1010 g/mol. The first-order chi connectivity index (χ1) is 37.4. The zero-order valence-electron chi connectivity index (χ0n) is 45.5. The third-order valence-electron chi connectivity index (χ3n) is 14.3. The van der Waals surface area contributed by atoms with Gasteiger partial charge in [0, 0.05) is 56.0 Å². The molecule has 23 heteroatoms. The number of hydrogen-bond donors (Lipinski definition) is 6. The number of rotatable bonds is 25. The number of aromatic nitrogens is 3. The number of carbonyl (C=O) groups excluding carboxylic acids is 4. The second-order valence-electron chi connectivity index (χ2n) is 20.8. The molecule has 0 saturated carbocycles. The fourth-order valence-corrected chi connectivity index (χ4v) is 10.0. The van der Waals surface area contributed by atoms with Crippen molar-refractivity contribution < 1.29 is 52.4 Å². The predicted molar refractivity (Wildman–Crippen MR) is 287 cm³/mol. The molecule has 8 N–H and O–H groups in total. The summed E-state index contributed by atoms with van der Waals surface area (Å²) in [6, 6.07) is 11.7. The molecule has 5 heterocycles. The van der Waals surface area contributed by atoms with E-state index in [2.05, 4.69) is 27.0 Å². The van der Waals surface area contributed by atoms with Gasteiger partial charge in [-0.25, -0.2) is 9.37 Å². The van der Waals surface area contributed by atoms with E-state index >= 15 is 0 Å². The van der Waals surface area contributed by atoms with Gasteiger partial charge in [-0.15, -0.1) is 0 Å². The van der Waals surface area contributed by atoms with Crippen molar-refractivity contribution in [1.82, 2.24) is 40.5 Å². The molecule has 5 atom stereocenters. The highest BCUT2D eigenvalue weighted by Gasteiger charge is 2.43. The Morgan fingerprint density at radius 3 is 2.32 bits per heavy atom. The summed E-state index contributed by atoms with van der Waals surface area (Å²) in [5, 5.41) is 35.6. The maximum Gasteiger partial charge on any atom is 0.254 e. The first-order valence-electron chi connectivity index (χ1n) is 26.5. The summed E-state index contributed by atoms with van der Waals surface area (Å²) in [5.74, 6) is -0.929. The third-order valence-corrected chi connectivity index (χ3v) is 14.3. The van der Waals surface area contributed by atoms with Gasteiger partial charge in [0.1, 0.15) is 42.0 Å². The van der Waals surface area contributed by atoms with Crippen LogP contribution in [0.3, 0.4) is 0 Å². The van der Waals surface area contributed by atoms with E-state index in [9.17, 15) is 33.9 Å². The van der Waals surface area contributed by atoms with Gasteiger partial charge in [0.15, 0.2) is 0 Å². The molecule has 2 bridgehead atoms. The molecule has 2 aromatic carbocycles. The Labute approximate surface area is 454 Å². The number of nitriles is 1. The fraction of sp³-hybridized carbons (Fsp3) is 0.545. The lowest BCUT2D eigenvalue weighted by atomic mass is 9.83. The van der Waals surface area contributed by atoms with Gasteiger partial charge in [-0.3, -0.25) is 28.8 Å². The highest BCUT2D eigenvalue weighted by molar-refractivity contribution is 5.96. The summed E-state index contributed by atoms with van der Waals surface area (Å²) < 4.78 is 44.7. The number of ether oxygens (including phenoxy) is 5. The van der Waals surface area contributed by atoms with Crippen LogP contribution in [0.2, 0.25) is 0 Å². The summed E-state index contributed by atoms with van der Waals surface area (Å²) in [6.45, 7) is 11.5. The van der Waals surface area contributed by atoms with Crippen molar-refractivity contribution in [2.75, 3.05) is 97.3 Å². The number of aliphatic hydroxyl groups excluding tert-OH is 1. The molecule has 1 unspecified atom stereocenters. The van der Waals surface area contributed by atoms with Crippen LogP contribution in [0, 0.1) is 22.6 Å². The summed E-state index contributed by atoms with van der Waals surface area (Å²) >= 11 is 0. The first kappa shape index (κ1) is 58.9. The molecule has 2 aromatic heterocycles. The molecule has 4 aromatic rings. The maximum absolute atomic E-state index is 14.7. The van der Waals surface area contributed by atoms with E-state index in [0.717, 1.165) is 17.5 Å². The van der Waals surface area contributed by atoms with Crippen LogP contribution in [-0.4, -0.2) is 164 Å². The summed E-state index contributed by atoms with van der Waals surface area (Å²) in [4.78, 5) is 61.9. The van der Waals surface area contributed by atoms with Crippen LogP contribution >= 0.6 is 0 Å². The van der Waals surface area contributed by atoms with Crippen LogP contribution in [0.25, 0.3) is 11.1 Å². The molecular formula is C55H75FN12O10. The summed E-state index contributed by atoms with van der Waals surface area (Å²) in [6.07, 6.45) is 2.29. The summed E-state index contributed by atoms with van der Waals surface area (Å²) in [5.41, 5.74) is 16.9. The van der Waals surface area contributed by atoms with Crippen LogP contribution in [-0.2, 0) is 59.4 Å². The van der Waals surface area contributed by atoms with Crippen molar-refractivity contribution >= 4 is 35.1 Å². The molecule has 1 fully saturated rings. The number of likely N-dealkylation sites (N-methyl/N-ethyl adjacent to an activating group) is 1. The second-order valence-corrected chi connectivity index (χ2v) is 20.8. The van der Waals surface area contributed by atoms with Crippen molar-refractivity contribution in [2.24, 2.45) is 11.1 Å². The number of benzene rings is 2. The van der Waals surface area contributed by atoms with Gasteiger partial charge in [-0.1, -0.05) is 26.8 Å². The first-order valence-corrected chi connectivity index (χ1v) is 26.5. The standard InChI is InChI=1S/C55H75FN12O10/c1-34(60-5)52(71)63-49(55(2,3)4)54(73)67-32-37-26-39(11-9-35(37)27-45(67)51(59)70)78-25-24-77-23-22-76-21-20-75-19-18-74-17-13-47(69)61-14-16-68-46(30-57)48-36-28-44(50(58)62-31-36)66-15-7-8-43(66)41-29-38(56)10-12-40(41)53(72)65(6)33-42(48)64-68/h9-12,26,28-29,31,34,43,45,49,54,60,73H,7-8,13-25,27,32-33H2,1-6H3,(H2,58,62)(H2,59,70)(H,61,69)(H,63,71)/t34-,43+,45-,49+,54?/m0/s1. The van der Waals surface area contributed by atoms with Crippen molar-refractivity contribution in [1.29, 1.82) is 5.26 Å². The minimum atomic E-state index is -1.20. The number of primary amides is 1. The van der Waals surface area contributed by atoms with E-state index in [-0.39, 0.29) is 87.7 Å². The third kappa shape index (κ3) is 14.7. The Kier molecular flexibility index (Phi) is 20.5. The molecule has 3 aliphatic heterocycles. The molecule has 0 aliphatic carbocycles. The largest absolute Gasteiger partial charge is 0.491 e. The van der Waals surface area contributed by atoms with Crippen molar-refractivity contribution in [2.45, 2.75) is 103 Å². The minimum Gasteiger partial charge on any atom is -0.491 e. The van der Waals surface area contributed by atoms with Gasteiger partial charge in [0.2, 0.25) is 17.7 Å². The van der Waals surface area contributed by atoms with Gasteiger partial charge in [-0.05, 0) is 91.7 Å². The van der Waals surface area contributed by atoms with E-state index in [0.29, 0.717) is 98.4 Å². The number of halogens is 1. The Balaban J connectivity index is 0.769. The van der Waals surface area contributed by atoms with E-state index in [4.69, 9.17) is 40.3 Å². The van der Waals surface area contributed by atoms with Crippen LogP contribution in [0.5, 0.6) is 5.75 Å². The van der Waals surface area contributed by atoms with Gasteiger partial charge in [0.25, 0.3) is 5.91 Å². The Morgan fingerprint density at radius 2 is 1.65 bits per heavy atom. The molecule has 3 aliphatic rings. The number of nitrogen functional groups attached to an aromatic ring is 1. The van der Waals surface area contributed by atoms with E-state index in [1.54, 1.807) is 32.1 Å². The maximum atomic E-state index is 14.7. The Morgan fingerprint density at radius 1 is 0.962 bits per heavy atom. The number of nitrogens with two attached hydrogens (primary N) is 2. The molecule has 0 radical (unpaired) electrons. The topological polar surface area (TPSA) is 287 Å². The fourth-order valence-electron chi connectivity index (χ4n) is 10.0. The highest BCUT2D eigenvalue weighted by Crippen LogP contribution is 2.43. The van der Waals surface area contributed by atoms with Crippen molar-refractivity contribution in [3.63, 3.8) is 0 Å². The van der Waals surface area contributed by atoms with Crippen LogP contribution < -0.4 is 37.1 Å². The number of carbonyl (C=O) groups is 4. The Bertz CT molecular complexity index is 2780. The van der Waals surface area contributed by atoms with E-state index < -0.39 is 41.5 Å². The lowest BCUT2D eigenvalue weighted by molar-refractivity contribution is -0.138. The van der Waals surface area contributed by atoms with Crippen LogP contribution in [0.1, 0.15) is 91.4 Å². The van der Waals surface area contributed by atoms with Gasteiger partial charge < -0.3 is 66.0 Å². The number of anilines is 2. The number of hydrogen-bond acceptors (Lipinski definition) is 17. The van der Waals surface area contributed by atoms with Crippen molar-refractivity contribution in [3.05, 3.63) is 88.1 Å². The normalized spacial score (nSPS) is 17.6. The monoisotopic (exact) mass is 1080 g/mol. The van der Waals surface area contributed by atoms with Crippen LogP contribution in [0.15, 0.2) is 48.7 Å². The zero-order valence-corrected chi connectivity index (χ0v) is 45.5. The average Bonchev–Trinajstić information content (AvgIpc) is 4.20. The molecule has 4 amide bonds. The average molecular weight is 1080 g/mol. The van der Waals surface area contributed by atoms with Gasteiger partial charge >= 0.3 is 0 Å². The SMILES string of the molecule is CN[C@@H](C)C(=O)N[C@H](C(O)N1Cc2cc(OCCOCCOCCOCCOCCC(=O)NCCn3nc4c(c3C#N)-c3cnc(N)c(c3)N3CCC[C@@H]3c3cc(F)ccc3C(=O)N(C)C4)ccc2C[C@H]1C(N)=O)C(C)(C)C. The van der Waals surface area contributed by atoms with Crippen LogP contribution in [0.4, 0.5) is 15.9 Å². The predicted octanol–water partition coefficient (Wildman–Crippen LogP) is 2.79. The molecule has 422 valence electrons. The molecule has 78 heavy (non-hydrogen) atoms. The van der Waals surface area contributed by atoms with Gasteiger partial charge in [0.05, 0.1) is 101 Å². The van der Waals surface area contributed by atoms with E-state index in [1.165, 1.54) is 27.8 Å². The van der Waals surface area contributed by atoms with Gasteiger partial charge in [-0.2, -0.15) is 10.4 Å². The molecule has 1 saturated heterocycles. The summed E-state index contributed by atoms with van der Waals surface area (Å²) in [7, 11) is 3.33. The molecule has 22 nitrogen and oxygen atoms in total. The molecule has 0 spiro atoms. The second kappa shape index (κ2) is 27.2. The lowest BCUT2D eigenvalue weighted by Gasteiger charge is -2.45. The number of fused-ring (bicyclic) bond motifs is 9. The quantitative estimate of drug-likeness (QED) is 0.0521. The highest BCUT2D eigenvalue weighted by atomic mass is 19.1. The molecule has 7 rings (SSSR count). The minimum absolute atomic E-state index is 0.0501. The smallest absolute Gasteiger partial charge is 0.254 e. The number of pyridine rings is 1.